The first-order chi connectivity index (χ1) is 12.0. The fourth-order valence-electron chi connectivity index (χ4n) is 2.00. The molecule has 0 bridgehead atoms. The van der Waals surface area contributed by atoms with Crippen LogP contribution in [0.2, 0.25) is 0 Å². The van der Waals surface area contributed by atoms with Crippen molar-refractivity contribution in [3.63, 3.8) is 0 Å². The first kappa shape index (κ1) is 22.5. The summed E-state index contributed by atoms with van der Waals surface area (Å²) in [7, 11) is 1.63. The molecule has 2 N–H and O–H groups in total. The van der Waals surface area contributed by atoms with E-state index in [1.807, 2.05) is 11.4 Å². The molecular weight excluding hydrogens is 480 g/mol. The van der Waals surface area contributed by atoms with E-state index in [4.69, 9.17) is 4.74 Å². The number of rotatable bonds is 7. The van der Waals surface area contributed by atoms with Crippen molar-refractivity contribution in [3.05, 3.63) is 46.3 Å². The van der Waals surface area contributed by atoms with E-state index in [2.05, 4.69) is 26.7 Å². The maximum Gasteiger partial charge on any atom is 0.422 e. The van der Waals surface area contributed by atoms with Crippen LogP contribution in [0.4, 0.5) is 13.2 Å². The van der Waals surface area contributed by atoms with Gasteiger partial charge in [0.25, 0.3) is 0 Å². The highest BCUT2D eigenvalue weighted by molar-refractivity contribution is 14.0. The Morgan fingerprint density at radius 3 is 2.73 bits per heavy atom. The van der Waals surface area contributed by atoms with Gasteiger partial charge in [-0.15, -0.1) is 35.3 Å². The molecule has 0 atom stereocenters. The van der Waals surface area contributed by atoms with Crippen LogP contribution >= 0.6 is 35.3 Å². The number of ether oxygens (including phenoxy) is 1. The zero-order valence-corrected chi connectivity index (χ0v) is 17.2. The zero-order chi connectivity index (χ0) is 18.1. The van der Waals surface area contributed by atoms with Crippen molar-refractivity contribution in [2.75, 3.05) is 20.2 Å². The summed E-state index contributed by atoms with van der Waals surface area (Å²) in [5.74, 6) is 0.517. The minimum Gasteiger partial charge on any atom is -0.468 e. The second-order valence-corrected chi connectivity index (χ2v) is 6.09. The number of pyridine rings is 1. The molecule has 0 saturated carbocycles. The monoisotopic (exact) mass is 500 g/mol. The van der Waals surface area contributed by atoms with Gasteiger partial charge in [-0.3, -0.25) is 4.99 Å². The lowest BCUT2D eigenvalue weighted by molar-refractivity contribution is -0.154. The summed E-state index contributed by atoms with van der Waals surface area (Å²) in [6.07, 6.45) is -2.14. The van der Waals surface area contributed by atoms with Crippen molar-refractivity contribution in [3.8, 4) is 5.88 Å². The molecule has 2 aromatic heterocycles. The largest absolute Gasteiger partial charge is 0.468 e. The van der Waals surface area contributed by atoms with E-state index in [0.717, 1.165) is 6.42 Å². The molecule has 0 aliphatic heterocycles. The van der Waals surface area contributed by atoms with Crippen molar-refractivity contribution in [1.82, 2.24) is 15.6 Å². The number of aromatic nitrogens is 1. The van der Waals surface area contributed by atoms with Crippen LogP contribution in [0.25, 0.3) is 0 Å². The maximum absolute atomic E-state index is 12.3. The Morgan fingerprint density at radius 1 is 1.27 bits per heavy atom. The number of guanidine groups is 1. The predicted octanol–water partition coefficient (Wildman–Crippen LogP) is 3.61. The Kier molecular flexibility index (Phi) is 9.70. The number of hydrogen-bond acceptors (Lipinski definition) is 4. The van der Waals surface area contributed by atoms with Crippen LogP contribution in [0.3, 0.4) is 0 Å². The molecule has 26 heavy (non-hydrogen) atoms. The fraction of sp³-hybridized carbons (Fsp3) is 0.375. The van der Waals surface area contributed by atoms with Gasteiger partial charge in [0.15, 0.2) is 12.6 Å². The van der Waals surface area contributed by atoms with Gasteiger partial charge in [0.2, 0.25) is 5.88 Å². The van der Waals surface area contributed by atoms with Crippen molar-refractivity contribution >= 4 is 41.3 Å². The van der Waals surface area contributed by atoms with Crippen molar-refractivity contribution < 1.29 is 17.9 Å². The van der Waals surface area contributed by atoms with Gasteiger partial charge in [-0.2, -0.15) is 13.2 Å². The predicted molar refractivity (Wildman–Crippen MR) is 107 cm³/mol. The first-order valence-corrected chi connectivity index (χ1v) is 8.46. The minimum absolute atomic E-state index is 0. The van der Waals surface area contributed by atoms with Crippen molar-refractivity contribution in [2.24, 2.45) is 4.99 Å². The molecule has 0 radical (unpaired) electrons. The van der Waals surface area contributed by atoms with Gasteiger partial charge < -0.3 is 15.4 Å². The van der Waals surface area contributed by atoms with E-state index in [0.29, 0.717) is 18.1 Å². The van der Waals surface area contributed by atoms with E-state index in [1.54, 1.807) is 30.5 Å². The lowest BCUT2D eigenvalue weighted by Gasteiger charge is -2.14. The smallest absolute Gasteiger partial charge is 0.422 e. The second kappa shape index (κ2) is 11.2. The average Bonchev–Trinajstić information content (AvgIpc) is 3.09. The van der Waals surface area contributed by atoms with Crippen LogP contribution in [0, 0.1) is 0 Å². The number of nitrogens with one attached hydrogen (secondary N) is 2. The molecule has 2 aromatic rings. The van der Waals surface area contributed by atoms with E-state index < -0.39 is 12.8 Å². The maximum atomic E-state index is 12.3. The third-order valence-corrected chi connectivity index (χ3v) is 4.07. The molecule has 0 unspecified atom stereocenters. The Hall–Kier alpha value is -1.56. The summed E-state index contributed by atoms with van der Waals surface area (Å²) in [5, 5.41) is 8.22. The number of aliphatic imine (C=N–C) groups is 1. The van der Waals surface area contributed by atoms with Crippen LogP contribution in [-0.2, 0) is 13.0 Å². The van der Waals surface area contributed by atoms with Gasteiger partial charge in [0.05, 0.1) is 0 Å². The molecule has 0 fully saturated rings. The number of nitrogens with zero attached hydrogens (tertiary/aromatic N) is 2. The molecule has 144 valence electrons. The quantitative estimate of drug-likeness (QED) is 0.347. The van der Waals surface area contributed by atoms with Crippen LogP contribution in [0.1, 0.15) is 10.4 Å². The van der Waals surface area contributed by atoms with E-state index in [9.17, 15) is 13.2 Å². The molecule has 0 aliphatic carbocycles. The number of halogens is 4. The lowest BCUT2D eigenvalue weighted by atomic mass is 10.2. The fourth-order valence-corrected chi connectivity index (χ4v) is 2.71. The Labute approximate surface area is 171 Å². The zero-order valence-electron chi connectivity index (χ0n) is 14.0. The van der Waals surface area contributed by atoms with Gasteiger partial charge >= 0.3 is 6.18 Å². The summed E-state index contributed by atoms with van der Waals surface area (Å²) in [6.45, 7) is -0.421. The highest BCUT2D eigenvalue weighted by Crippen LogP contribution is 2.19. The Morgan fingerprint density at radius 2 is 2.08 bits per heavy atom. The third-order valence-electron chi connectivity index (χ3n) is 3.14. The molecule has 2 rings (SSSR count). The lowest BCUT2D eigenvalue weighted by Crippen LogP contribution is -2.38. The van der Waals surface area contributed by atoms with Crippen molar-refractivity contribution in [2.45, 2.75) is 19.1 Å². The SMILES string of the molecule is CN=C(NCCc1cccs1)NCc1cccnc1OCC(F)(F)F.I. The first-order valence-electron chi connectivity index (χ1n) is 7.58. The summed E-state index contributed by atoms with van der Waals surface area (Å²) >= 11 is 1.68. The van der Waals surface area contributed by atoms with Gasteiger partial charge in [-0.05, 0) is 23.9 Å². The van der Waals surface area contributed by atoms with Gasteiger partial charge in [-0.25, -0.2) is 4.98 Å². The van der Waals surface area contributed by atoms with Crippen LogP contribution < -0.4 is 15.4 Å². The van der Waals surface area contributed by atoms with Crippen molar-refractivity contribution in [1.29, 1.82) is 0 Å². The van der Waals surface area contributed by atoms with Gasteiger partial charge in [0.1, 0.15) is 0 Å². The molecule has 5 nitrogen and oxygen atoms in total. The van der Waals surface area contributed by atoms with E-state index in [1.165, 1.54) is 11.1 Å². The second-order valence-electron chi connectivity index (χ2n) is 5.05. The van der Waals surface area contributed by atoms with Crippen LogP contribution in [0.5, 0.6) is 5.88 Å². The summed E-state index contributed by atoms with van der Waals surface area (Å²) in [5.41, 5.74) is 0.521. The highest BCUT2D eigenvalue weighted by atomic mass is 127. The summed E-state index contributed by atoms with van der Waals surface area (Å²) < 4.78 is 41.7. The topological polar surface area (TPSA) is 58.5 Å². The third kappa shape index (κ3) is 8.21. The van der Waals surface area contributed by atoms with Crippen LogP contribution in [-0.4, -0.2) is 37.3 Å². The Bertz CT molecular complexity index is 680. The molecule has 0 aliphatic rings. The van der Waals surface area contributed by atoms with E-state index >= 15 is 0 Å². The summed E-state index contributed by atoms with van der Waals surface area (Å²) in [6, 6.07) is 7.36. The normalized spacial score (nSPS) is 11.6. The number of thiophene rings is 1. The molecule has 0 aromatic carbocycles. The van der Waals surface area contributed by atoms with E-state index in [-0.39, 0.29) is 36.4 Å². The van der Waals surface area contributed by atoms with Gasteiger partial charge in [-0.1, -0.05) is 12.1 Å². The molecule has 0 amide bonds. The highest BCUT2D eigenvalue weighted by Gasteiger charge is 2.29. The average molecular weight is 500 g/mol. The minimum atomic E-state index is -4.40. The molecule has 0 spiro atoms. The van der Waals surface area contributed by atoms with Gasteiger partial charge in [0, 0.05) is 36.8 Å². The van der Waals surface area contributed by atoms with Crippen LogP contribution in [0.15, 0.2) is 40.8 Å². The molecule has 2 heterocycles. The summed E-state index contributed by atoms with van der Waals surface area (Å²) in [4.78, 5) is 9.22. The number of alkyl halides is 3. The Balaban J connectivity index is 0.00000338. The molecule has 10 heteroatoms. The molecule has 0 saturated heterocycles. The standard InChI is InChI=1S/C16H19F3N4OS.HI/c1-20-15(22-8-6-13-5-3-9-25-13)23-10-12-4-2-7-21-14(12)24-11-16(17,18)19;/h2-5,7,9H,6,8,10-11H2,1H3,(H2,20,22,23);1H. The number of hydrogen-bond donors (Lipinski definition) is 2. The molecular formula is C16H20F3IN4OS.